The van der Waals surface area contributed by atoms with E-state index in [0.717, 1.165) is 22.0 Å². The number of aromatic amines is 1. The summed E-state index contributed by atoms with van der Waals surface area (Å²) < 4.78 is 5.47. The van der Waals surface area contributed by atoms with Gasteiger partial charge in [0.1, 0.15) is 5.15 Å². The largest absolute Gasteiger partial charge is 0.372 e. The number of ether oxygens (including phenoxy) is 1. The molecule has 0 amide bonds. The second-order valence-electron chi connectivity index (χ2n) is 3.61. The van der Waals surface area contributed by atoms with E-state index >= 15 is 0 Å². The van der Waals surface area contributed by atoms with Gasteiger partial charge in [-0.15, -0.1) is 11.6 Å². The number of nitrogens with one attached hydrogen (secondary N) is 1. The van der Waals surface area contributed by atoms with Crippen molar-refractivity contribution in [2.75, 3.05) is 12.5 Å². The van der Waals surface area contributed by atoms with Gasteiger partial charge in [-0.1, -0.05) is 18.2 Å². The molecular formula is C11H11Cl2N3O. The Balaban J connectivity index is 2.11. The first kappa shape index (κ1) is 12.4. The van der Waals surface area contributed by atoms with Gasteiger partial charge in [-0.3, -0.25) is 5.10 Å². The van der Waals surface area contributed by atoms with Crippen molar-refractivity contribution in [1.82, 2.24) is 15.2 Å². The zero-order chi connectivity index (χ0) is 12.3. The molecule has 0 atom stereocenters. The topological polar surface area (TPSA) is 50.8 Å². The molecule has 0 radical (unpaired) electrons. The molecule has 0 spiro atoms. The van der Waals surface area contributed by atoms with Crippen molar-refractivity contribution < 1.29 is 4.74 Å². The Hall–Kier alpha value is -1.10. The number of hydrogen-bond acceptors (Lipinski definition) is 3. The molecule has 0 saturated carbocycles. The zero-order valence-electron chi connectivity index (χ0n) is 9.04. The van der Waals surface area contributed by atoms with Crippen LogP contribution in [0.2, 0.25) is 5.15 Å². The average molecular weight is 272 g/mol. The van der Waals surface area contributed by atoms with Crippen LogP contribution >= 0.6 is 23.2 Å². The van der Waals surface area contributed by atoms with Crippen LogP contribution in [0.3, 0.4) is 0 Å². The lowest BCUT2D eigenvalue weighted by atomic mass is 10.2. The number of pyridine rings is 1. The normalized spacial score (nSPS) is 10.9. The Labute approximate surface area is 109 Å². The maximum atomic E-state index is 5.93. The van der Waals surface area contributed by atoms with Crippen molar-refractivity contribution in [1.29, 1.82) is 0 Å². The number of alkyl halides is 1. The van der Waals surface area contributed by atoms with Crippen LogP contribution in [0.25, 0.3) is 10.9 Å². The second kappa shape index (κ2) is 5.49. The summed E-state index contributed by atoms with van der Waals surface area (Å²) in [6, 6.07) is 0. The SMILES string of the molecule is C=C(CCl)COCc1cnc(Cl)c2cn[nH]c12. The molecule has 0 aromatic carbocycles. The van der Waals surface area contributed by atoms with Crippen LogP contribution < -0.4 is 0 Å². The van der Waals surface area contributed by atoms with E-state index in [4.69, 9.17) is 27.9 Å². The fraction of sp³-hybridized carbons (Fsp3) is 0.273. The molecule has 0 bridgehead atoms. The van der Waals surface area contributed by atoms with E-state index in [-0.39, 0.29) is 0 Å². The van der Waals surface area contributed by atoms with E-state index in [9.17, 15) is 0 Å². The van der Waals surface area contributed by atoms with Gasteiger partial charge in [-0.25, -0.2) is 4.98 Å². The van der Waals surface area contributed by atoms with Gasteiger partial charge in [0.05, 0.1) is 30.3 Å². The lowest BCUT2D eigenvalue weighted by molar-refractivity contribution is 0.143. The summed E-state index contributed by atoms with van der Waals surface area (Å²) in [5.74, 6) is 0.401. The molecule has 2 heterocycles. The highest BCUT2D eigenvalue weighted by molar-refractivity contribution is 6.34. The zero-order valence-corrected chi connectivity index (χ0v) is 10.6. The first-order valence-electron chi connectivity index (χ1n) is 4.99. The Morgan fingerprint density at radius 1 is 1.47 bits per heavy atom. The van der Waals surface area contributed by atoms with Gasteiger partial charge < -0.3 is 4.74 Å². The number of hydrogen-bond donors (Lipinski definition) is 1. The summed E-state index contributed by atoms with van der Waals surface area (Å²) in [6.45, 7) is 4.60. The van der Waals surface area contributed by atoms with Gasteiger partial charge in [0, 0.05) is 17.6 Å². The number of rotatable bonds is 5. The first-order chi connectivity index (χ1) is 8.22. The van der Waals surface area contributed by atoms with Crippen molar-refractivity contribution in [2.45, 2.75) is 6.61 Å². The molecule has 0 aliphatic rings. The fourth-order valence-electron chi connectivity index (χ4n) is 1.41. The highest BCUT2D eigenvalue weighted by Crippen LogP contribution is 2.22. The number of fused-ring (bicyclic) bond motifs is 1. The molecule has 90 valence electrons. The summed E-state index contributed by atoms with van der Waals surface area (Å²) in [5, 5.41) is 8.04. The minimum atomic E-state index is 0.401. The predicted octanol–water partition coefficient (Wildman–Crippen LogP) is 2.92. The van der Waals surface area contributed by atoms with E-state index in [1.54, 1.807) is 12.4 Å². The molecule has 2 aromatic heterocycles. The van der Waals surface area contributed by atoms with Crippen LogP contribution in [-0.2, 0) is 11.3 Å². The number of halogens is 2. The predicted molar refractivity (Wildman–Crippen MR) is 68.4 cm³/mol. The quantitative estimate of drug-likeness (QED) is 0.517. The van der Waals surface area contributed by atoms with E-state index < -0.39 is 0 Å². The van der Waals surface area contributed by atoms with Crippen LogP contribution in [0.5, 0.6) is 0 Å². The van der Waals surface area contributed by atoms with Crippen LogP contribution in [0.4, 0.5) is 0 Å². The maximum absolute atomic E-state index is 5.93. The smallest absolute Gasteiger partial charge is 0.140 e. The molecule has 2 aromatic rings. The van der Waals surface area contributed by atoms with Crippen molar-refractivity contribution in [3.63, 3.8) is 0 Å². The monoisotopic (exact) mass is 271 g/mol. The van der Waals surface area contributed by atoms with E-state index in [1.807, 2.05) is 0 Å². The molecule has 0 unspecified atom stereocenters. The average Bonchev–Trinajstić information content (AvgIpc) is 2.82. The van der Waals surface area contributed by atoms with E-state index in [2.05, 4.69) is 21.8 Å². The standard InChI is InChI=1S/C11H11Cl2N3O/c1-7(2-12)5-17-6-8-3-14-11(13)9-4-15-16-10(8)9/h3-4H,1-2,5-6H2,(H,15,16). The Morgan fingerprint density at radius 3 is 3.06 bits per heavy atom. The van der Waals surface area contributed by atoms with Gasteiger partial charge in [0.15, 0.2) is 0 Å². The molecule has 2 rings (SSSR count). The highest BCUT2D eigenvalue weighted by Gasteiger charge is 2.08. The summed E-state index contributed by atoms with van der Waals surface area (Å²) in [4.78, 5) is 4.07. The van der Waals surface area contributed by atoms with Gasteiger partial charge in [-0.05, 0) is 5.57 Å². The second-order valence-corrected chi connectivity index (χ2v) is 4.23. The van der Waals surface area contributed by atoms with Crippen LogP contribution in [0.1, 0.15) is 5.56 Å². The molecule has 0 saturated heterocycles. The minimum absolute atomic E-state index is 0.401. The lowest BCUT2D eigenvalue weighted by Crippen LogP contribution is -2.00. The van der Waals surface area contributed by atoms with Crippen molar-refractivity contribution in [2.24, 2.45) is 0 Å². The molecule has 4 nitrogen and oxygen atoms in total. The molecule has 0 aliphatic carbocycles. The first-order valence-corrected chi connectivity index (χ1v) is 5.90. The van der Waals surface area contributed by atoms with E-state index in [1.165, 1.54) is 0 Å². The summed E-state index contributed by atoms with van der Waals surface area (Å²) in [7, 11) is 0. The third-order valence-corrected chi connectivity index (χ3v) is 2.95. The van der Waals surface area contributed by atoms with Crippen LogP contribution in [0, 0.1) is 0 Å². The Bertz CT molecular complexity index is 538. The Kier molecular flexibility index (Phi) is 3.99. The van der Waals surface area contributed by atoms with Crippen molar-refractivity contribution >= 4 is 34.1 Å². The fourth-order valence-corrected chi connectivity index (χ4v) is 1.68. The third-order valence-electron chi connectivity index (χ3n) is 2.27. The summed E-state index contributed by atoms with van der Waals surface area (Å²) in [6.07, 6.45) is 3.32. The molecule has 17 heavy (non-hydrogen) atoms. The number of aromatic nitrogens is 3. The molecule has 1 N–H and O–H groups in total. The van der Waals surface area contributed by atoms with Gasteiger partial charge in [-0.2, -0.15) is 5.10 Å². The molecule has 6 heteroatoms. The summed E-state index contributed by atoms with van der Waals surface area (Å²) >= 11 is 11.5. The number of nitrogens with zero attached hydrogens (tertiary/aromatic N) is 2. The Morgan fingerprint density at radius 2 is 2.29 bits per heavy atom. The molecular weight excluding hydrogens is 261 g/mol. The van der Waals surface area contributed by atoms with Gasteiger partial charge >= 0.3 is 0 Å². The van der Waals surface area contributed by atoms with Crippen LogP contribution in [0.15, 0.2) is 24.5 Å². The summed E-state index contributed by atoms with van der Waals surface area (Å²) in [5.41, 5.74) is 2.60. The van der Waals surface area contributed by atoms with Crippen LogP contribution in [-0.4, -0.2) is 27.7 Å². The minimum Gasteiger partial charge on any atom is -0.372 e. The van der Waals surface area contributed by atoms with Crippen molar-refractivity contribution in [3.05, 3.63) is 35.3 Å². The van der Waals surface area contributed by atoms with Crippen molar-refractivity contribution in [3.8, 4) is 0 Å². The van der Waals surface area contributed by atoms with Gasteiger partial charge in [0.2, 0.25) is 0 Å². The third kappa shape index (κ3) is 2.77. The van der Waals surface area contributed by atoms with Gasteiger partial charge in [0.25, 0.3) is 0 Å². The van der Waals surface area contributed by atoms with E-state index in [0.29, 0.717) is 24.2 Å². The maximum Gasteiger partial charge on any atom is 0.140 e. The molecule has 0 fully saturated rings. The lowest BCUT2D eigenvalue weighted by Gasteiger charge is -2.06. The number of H-pyrrole nitrogens is 1. The highest BCUT2D eigenvalue weighted by atomic mass is 35.5. The molecule has 0 aliphatic heterocycles.